The Bertz CT molecular complexity index is 637. The third-order valence-corrected chi connectivity index (χ3v) is 2.23. The Morgan fingerprint density at radius 1 is 1.33 bits per heavy atom. The predicted octanol–water partition coefficient (Wildman–Crippen LogP) is 0.170. The average Bonchev–Trinajstić information content (AvgIpc) is 2.38. The van der Waals surface area contributed by atoms with E-state index in [0.717, 1.165) is 16.5 Å². The molecular formula is C12H10N4O2. The Labute approximate surface area is 103 Å². The molecule has 18 heavy (non-hydrogen) atoms. The zero-order chi connectivity index (χ0) is 13.0. The summed E-state index contributed by atoms with van der Waals surface area (Å²) >= 11 is 0. The Kier molecular flexibility index (Phi) is 3.29. The second-order valence-corrected chi connectivity index (χ2v) is 3.52. The van der Waals surface area contributed by atoms with E-state index >= 15 is 0 Å². The molecule has 3 N–H and O–H groups in total. The molecule has 0 spiro atoms. The van der Waals surface area contributed by atoms with Gasteiger partial charge in [0.1, 0.15) is 0 Å². The summed E-state index contributed by atoms with van der Waals surface area (Å²) in [5, 5.41) is 4.58. The Morgan fingerprint density at radius 2 is 2.17 bits per heavy atom. The maximum Gasteiger partial charge on any atom is 0.329 e. The zero-order valence-corrected chi connectivity index (χ0v) is 9.33. The number of amides is 2. The minimum Gasteiger partial charge on any atom is -0.361 e. The SMILES string of the molecule is NC(=O)C(=O)N/N=C\c1ccc2ncccc2c1. The molecule has 1 heterocycles. The van der Waals surface area contributed by atoms with E-state index in [0.29, 0.717) is 0 Å². The molecule has 1 aromatic carbocycles. The summed E-state index contributed by atoms with van der Waals surface area (Å²) in [6, 6.07) is 9.25. The van der Waals surface area contributed by atoms with E-state index in [1.807, 2.05) is 29.7 Å². The molecule has 90 valence electrons. The number of fused-ring (bicyclic) bond motifs is 1. The minimum absolute atomic E-state index is 0.778. The number of pyridine rings is 1. The van der Waals surface area contributed by atoms with Crippen LogP contribution >= 0.6 is 0 Å². The van der Waals surface area contributed by atoms with Gasteiger partial charge < -0.3 is 5.73 Å². The molecule has 2 rings (SSSR count). The van der Waals surface area contributed by atoms with Gasteiger partial charge in [-0.1, -0.05) is 12.1 Å². The van der Waals surface area contributed by atoms with Crippen LogP contribution in [0.2, 0.25) is 0 Å². The van der Waals surface area contributed by atoms with Crippen LogP contribution in [0.25, 0.3) is 10.9 Å². The number of hydrogen-bond acceptors (Lipinski definition) is 4. The molecule has 0 saturated heterocycles. The van der Waals surface area contributed by atoms with Crippen molar-refractivity contribution >= 4 is 28.9 Å². The van der Waals surface area contributed by atoms with E-state index in [1.54, 1.807) is 12.3 Å². The quantitative estimate of drug-likeness (QED) is 0.446. The summed E-state index contributed by atoms with van der Waals surface area (Å²) in [6.45, 7) is 0. The Hall–Kier alpha value is -2.76. The molecule has 0 fully saturated rings. The van der Waals surface area contributed by atoms with Gasteiger partial charge in [-0.05, 0) is 23.8 Å². The van der Waals surface area contributed by atoms with Crippen LogP contribution in [0.4, 0.5) is 0 Å². The first-order chi connectivity index (χ1) is 8.66. The number of nitrogens with zero attached hydrogens (tertiary/aromatic N) is 2. The fourth-order valence-electron chi connectivity index (χ4n) is 1.39. The molecule has 1 aromatic heterocycles. The molecule has 6 heteroatoms. The van der Waals surface area contributed by atoms with Gasteiger partial charge in [0, 0.05) is 11.6 Å². The van der Waals surface area contributed by atoms with Gasteiger partial charge in [0.25, 0.3) is 0 Å². The van der Waals surface area contributed by atoms with Crippen LogP contribution in [-0.2, 0) is 9.59 Å². The molecule has 0 aliphatic carbocycles. The lowest BCUT2D eigenvalue weighted by molar-refractivity contribution is -0.137. The van der Waals surface area contributed by atoms with E-state index in [-0.39, 0.29) is 0 Å². The molecule has 0 bridgehead atoms. The van der Waals surface area contributed by atoms with Crippen LogP contribution in [0.15, 0.2) is 41.6 Å². The highest BCUT2D eigenvalue weighted by Crippen LogP contribution is 2.11. The molecule has 0 aliphatic heterocycles. The second kappa shape index (κ2) is 5.05. The number of rotatable bonds is 2. The highest BCUT2D eigenvalue weighted by atomic mass is 16.2. The first-order valence-electron chi connectivity index (χ1n) is 5.14. The van der Waals surface area contributed by atoms with Crippen molar-refractivity contribution in [2.75, 3.05) is 0 Å². The fraction of sp³-hybridized carbons (Fsp3) is 0. The van der Waals surface area contributed by atoms with Crippen LogP contribution in [0, 0.1) is 0 Å². The smallest absolute Gasteiger partial charge is 0.329 e. The zero-order valence-electron chi connectivity index (χ0n) is 9.33. The number of carbonyl (C=O) groups excluding carboxylic acids is 2. The number of hydrogen-bond donors (Lipinski definition) is 2. The first kappa shape index (κ1) is 11.7. The standard InChI is InChI=1S/C12H10N4O2/c13-11(17)12(18)16-15-7-8-3-4-10-9(6-8)2-1-5-14-10/h1-7H,(H2,13,17)(H,16,18)/b15-7-. The molecular weight excluding hydrogens is 232 g/mol. The second-order valence-electron chi connectivity index (χ2n) is 3.52. The van der Waals surface area contributed by atoms with Gasteiger partial charge in [-0.2, -0.15) is 5.10 Å². The topological polar surface area (TPSA) is 97.4 Å². The Balaban J connectivity index is 2.14. The number of benzene rings is 1. The molecule has 2 amide bonds. The van der Waals surface area contributed by atoms with Crippen LogP contribution in [0.1, 0.15) is 5.56 Å². The number of carbonyl (C=O) groups is 2. The van der Waals surface area contributed by atoms with Crippen molar-refractivity contribution in [2.45, 2.75) is 0 Å². The third-order valence-electron chi connectivity index (χ3n) is 2.23. The number of hydrazone groups is 1. The van der Waals surface area contributed by atoms with E-state index < -0.39 is 11.8 Å². The van der Waals surface area contributed by atoms with Crippen molar-refractivity contribution in [1.82, 2.24) is 10.4 Å². The van der Waals surface area contributed by atoms with Gasteiger partial charge >= 0.3 is 11.8 Å². The van der Waals surface area contributed by atoms with Gasteiger partial charge in [-0.3, -0.25) is 14.6 Å². The summed E-state index contributed by atoms with van der Waals surface area (Å²) in [5.41, 5.74) is 8.42. The van der Waals surface area contributed by atoms with Crippen molar-refractivity contribution < 1.29 is 9.59 Å². The number of nitrogens with one attached hydrogen (secondary N) is 1. The van der Waals surface area contributed by atoms with Crippen molar-refractivity contribution in [2.24, 2.45) is 10.8 Å². The van der Waals surface area contributed by atoms with E-state index in [2.05, 4.69) is 10.1 Å². The highest BCUT2D eigenvalue weighted by Gasteiger charge is 2.05. The summed E-state index contributed by atoms with van der Waals surface area (Å²) in [4.78, 5) is 25.5. The largest absolute Gasteiger partial charge is 0.361 e. The molecule has 0 saturated carbocycles. The minimum atomic E-state index is -1.07. The maximum atomic E-state index is 10.8. The normalized spacial score (nSPS) is 10.7. The summed E-state index contributed by atoms with van der Waals surface area (Å²) in [5.74, 6) is -2.02. The summed E-state index contributed by atoms with van der Waals surface area (Å²) in [7, 11) is 0. The van der Waals surface area contributed by atoms with E-state index in [4.69, 9.17) is 5.73 Å². The summed E-state index contributed by atoms with van der Waals surface area (Å²) < 4.78 is 0. The fourth-order valence-corrected chi connectivity index (χ4v) is 1.39. The molecule has 6 nitrogen and oxygen atoms in total. The number of primary amides is 1. The van der Waals surface area contributed by atoms with Gasteiger partial charge in [-0.15, -0.1) is 0 Å². The lowest BCUT2D eigenvalue weighted by atomic mass is 10.1. The lowest BCUT2D eigenvalue weighted by Crippen LogP contribution is -2.32. The number of aromatic nitrogens is 1. The molecule has 0 aliphatic rings. The van der Waals surface area contributed by atoms with Crippen molar-refractivity contribution in [3.8, 4) is 0 Å². The van der Waals surface area contributed by atoms with Crippen LogP contribution in [0.3, 0.4) is 0 Å². The van der Waals surface area contributed by atoms with Gasteiger partial charge in [0.05, 0.1) is 11.7 Å². The highest BCUT2D eigenvalue weighted by molar-refractivity contribution is 6.34. The van der Waals surface area contributed by atoms with Crippen molar-refractivity contribution in [3.63, 3.8) is 0 Å². The van der Waals surface area contributed by atoms with Crippen LogP contribution in [-0.4, -0.2) is 23.0 Å². The maximum absolute atomic E-state index is 10.8. The summed E-state index contributed by atoms with van der Waals surface area (Å²) in [6.07, 6.45) is 3.14. The third kappa shape index (κ3) is 2.67. The Morgan fingerprint density at radius 3 is 2.94 bits per heavy atom. The van der Waals surface area contributed by atoms with E-state index in [9.17, 15) is 9.59 Å². The predicted molar refractivity (Wildman–Crippen MR) is 66.7 cm³/mol. The van der Waals surface area contributed by atoms with E-state index in [1.165, 1.54) is 6.21 Å². The van der Waals surface area contributed by atoms with Gasteiger partial charge in [0.2, 0.25) is 0 Å². The lowest BCUT2D eigenvalue weighted by Gasteiger charge is -1.98. The van der Waals surface area contributed by atoms with Crippen LogP contribution in [0.5, 0.6) is 0 Å². The average molecular weight is 242 g/mol. The van der Waals surface area contributed by atoms with Crippen LogP contribution < -0.4 is 11.2 Å². The first-order valence-corrected chi connectivity index (χ1v) is 5.14. The molecule has 0 atom stereocenters. The van der Waals surface area contributed by atoms with Crippen molar-refractivity contribution in [1.29, 1.82) is 0 Å². The number of nitrogens with two attached hydrogens (primary N) is 1. The molecule has 0 unspecified atom stereocenters. The van der Waals surface area contributed by atoms with Gasteiger partial charge in [-0.25, -0.2) is 5.43 Å². The monoisotopic (exact) mass is 242 g/mol. The molecule has 2 aromatic rings. The van der Waals surface area contributed by atoms with Crippen molar-refractivity contribution in [3.05, 3.63) is 42.1 Å². The van der Waals surface area contributed by atoms with Gasteiger partial charge in [0.15, 0.2) is 0 Å². The molecule has 0 radical (unpaired) electrons.